The Labute approximate surface area is 164 Å². The molecular formula is C20H23F5O4. The zero-order chi connectivity index (χ0) is 20.8. The van der Waals surface area contributed by atoms with E-state index in [9.17, 15) is 26.7 Å². The lowest BCUT2D eigenvalue weighted by Gasteiger charge is -2.46. The molecule has 4 nitrogen and oxygen atoms in total. The van der Waals surface area contributed by atoms with Gasteiger partial charge in [-0.2, -0.15) is 22.0 Å². The van der Waals surface area contributed by atoms with Crippen LogP contribution in [-0.2, 0) is 19.0 Å². The summed E-state index contributed by atoms with van der Waals surface area (Å²) < 4.78 is 83.3. The van der Waals surface area contributed by atoms with E-state index in [0.29, 0.717) is 43.1 Å². The number of esters is 1. The molecule has 5 rings (SSSR count). The van der Waals surface area contributed by atoms with Crippen molar-refractivity contribution in [2.75, 3.05) is 13.7 Å². The van der Waals surface area contributed by atoms with Crippen LogP contribution in [0.3, 0.4) is 0 Å². The van der Waals surface area contributed by atoms with E-state index >= 15 is 0 Å². The lowest BCUT2D eigenvalue weighted by atomic mass is 9.69. The Bertz CT molecular complexity index is 737. The van der Waals surface area contributed by atoms with Gasteiger partial charge in [0.15, 0.2) is 6.10 Å². The van der Waals surface area contributed by atoms with E-state index in [0.717, 1.165) is 12.8 Å². The zero-order valence-electron chi connectivity index (χ0n) is 15.8. The predicted molar refractivity (Wildman–Crippen MR) is 88.6 cm³/mol. The number of hydrogen-bond acceptors (Lipinski definition) is 4. The second-order valence-corrected chi connectivity index (χ2v) is 9.11. The van der Waals surface area contributed by atoms with Gasteiger partial charge in [0.2, 0.25) is 0 Å². The summed E-state index contributed by atoms with van der Waals surface area (Å²) in [7, 11) is 0.518. The van der Waals surface area contributed by atoms with E-state index in [1.807, 2.05) is 0 Å². The Hall–Kier alpha value is -1.22. The summed E-state index contributed by atoms with van der Waals surface area (Å²) in [6.45, 7) is -0.642. The topological polar surface area (TPSA) is 44.8 Å². The third-order valence-electron chi connectivity index (χ3n) is 8.02. The van der Waals surface area contributed by atoms with Gasteiger partial charge in [-0.05, 0) is 54.8 Å². The molecule has 4 fully saturated rings. The highest BCUT2D eigenvalue weighted by Gasteiger charge is 2.77. The SMILES string of the molecule is COC1(C(F)(F)F)OCCC(OC(=O)C2CC3CC2C2C4C=CC(C4)C32)C1(F)F. The summed E-state index contributed by atoms with van der Waals surface area (Å²) in [6, 6.07) is 0. The van der Waals surface area contributed by atoms with E-state index in [1.165, 1.54) is 0 Å². The van der Waals surface area contributed by atoms with Gasteiger partial charge >= 0.3 is 23.9 Å². The number of fused-ring (bicyclic) bond motifs is 9. The van der Waals surface area contributed by atoms with Crippen LogP contribution in [0.1, 0.15) is 25.7 Å². The summed E-state index contributed by atoms with van der Waals surface area (Å²) in [6.07, 6.45) is -1.25. The van der Waals surface area contributed by atoms with Crippen molar-refractivity contribution >= 4 is 5.97 Å². The Morgan fingerprint density at radius 1 is 1.10 bits per heavy atom. The number of halogens is 5. The molecule has 4 aliphatic carbocycles. The summed E-state index contributed by atoms with van der Waals surface area (Å²) in [5.41, 5.74) is 0. The molecule has 162 valence electrons. The third kappa shape index (κ3) is 2.46. The largest absolute Gasteiger partial charge is 0.455 e. The number of hydrogen-bond donors (Lipinski definition) is 0. The van der Waals surface area contributed by atoms with Gasteiger partial charge < -0.3 is 14.2 Å². The second kappa shape index (κ2) is 6.15. The standard InChI is InChI=1S/C20H23F5O4/c1-27-19(20(23,24)25)18(21,22)14(4-5-28-19)29-17(26)13-8-11-7-12(13)16-10-3-2-9(6-10)15(11)16/h2-3,9-16H,4-8H2,1H3. The molecule has 0 aromatic carbocycles. The first kappa shape index (κ1) is 19.7. The average molecular weight is 422 g/mol. The smallest absolute Gasteiger partial charge is 0.450 e. The fourth-order valence-corrected chi connectivity index (χ4v) is 7.03. The highest BCUT2D eigenvalue weighted by Crippen LogP contribution is 2.67. The van der Waals surface area contributed by atoms with Crippen molar-refractivity contribution in [2.24, 2.45) is 41.4 Å². The van der Waals surface area contributed by atoms with E-state index in [2.05, 4.69) is 21.6 Å². The number of alkyl halides is 5. The van der Waals surface area contributed by atoms with Crippen LogP contribution in [0.15, 0.2) is 12.2 Å². The minimum absolute atomic E-state index is 0.0701. The quantitative estimate of drug-likeness (QED) is 0.299. The summed E-state index contributed by atoms with van der Waals surface area (Å²) in [5.74, 6) is -7.66. The van der Waals surface area contributed by atoms with E-state index in [4.69, 9.17) is 4.74 Å². The first-order valence-corrected chi connectivity index (χ1v) is 10.1. The molecule has 0 aromatic rings. The number of carbonyl (C=O) groups is 1. The Morgan fingerprint density at radius 3 is 2.45 bits per heavy atom. The molecule has 3 saturated carbocycles. The van der Waals surface area contributed by atoms with Crippen LogP contribution in [0, 0.1) is 41.4 Å². The average Bonchev–Trinajstić information content (AvgIpc) is 3.41. The summed E-state index contributed by atoms with van der Waals surface area (Å²) in [5, 5.41) is 0. The van der Waals surface area contributed by atoms with Crippen LogP contribution in [0.4, 0.5) is 22.0 Å². The molecule has 1 aliphatic heterocycles. The summed E-state index contributed by atoms with van der Waals surface area (Å²) in [4.78, 5) is 12.8. The molecule has 9 unspecified atom stereocenters. The monoisotopic (exact) mass is 422 g/mol. The van der Waals surface area contributed by atoms with Crippen molar-refractivity contribution in [3.05, 3.63) is 12.2 Å². The fraction of sp³-hybridized carbons (Fsp3) is 0.850. The van der Waals surface area contributed by atoms with Gasteiger partial charge in [0, 0.05) is 13.5 Å². The molecular weight excluding hydrogens is 399 g/mol. The van der Waals surface area contributed by atoms with Gasteiger partial charge in [-0.25, -0.2) is 0 Å². The van der Waals surface area contributed by atoms with Gasteiger partial charge in [0.05, 0.1) is 12.5 Å². The number of ether oxygens (including phenoxy) is 3. The molecule has 9 atom stereocenters. The van der Waals surface area contributed by atoms with E-state index < -0.39 is 48.9 Å². The maximum atomic E-state index is 14.8. The molecule has 1 heterocycles. The first-order chi connectivity index (χ1) is 13.6. The highest BCUT2D eigenvalue weighted by molar-refractivity contribution is 5.74. The first-order valence-electron chi connectivity index (χ1n) is 10.1. The van der Waals surface area contributed by atoms with E-state index in [1.54, 1.807) is 0 Å². The van der Waals surface area contributed by atoms with Crippen LogP contribution in [0.5, 0.6) is 0 Å². The third-order valence-corrected chi connectivity index (χ3v) is 8.02. The minimum atomic E-state index is -5.48. The molecule has 1 saturated heterocycles. The van der Waals surface area contributed by atoms with Gasteiger partial charge in [-0.15, -0.1) is 0 Å². The molecule has 9 heteroatoms. The number of carbonyl (C=O) groups excluding carboxylic acids is 1. The van der Waals surface area contributed by atoms with Crippen molar-refractivity contribution in [3.63, 3.8) is 0 Å². The van der Waals surface area contributed by atoms with E-state index in [-0.39, 0.29) is 5.92 Å². The lowest BCUT2D eigenvalue weighted by molar-refractivity contribution is -0.461. The van der Waals surface area contributed by atoms with Crippen LogP contribution >= 0.6 is 0 Å². The minimum Gasteiger partial charge on any atom is -0.455 e. The van der Waals surface area contributed by atoms with Crippen molar-refractivity contribution < 1.29 is 41.0 Å². The van der Waals surface area contributed by atoms with Gasteiger partial charge in [0.1, 0.15) is 0 Å². The van der Waals surface area contributed by atoms with Crippen molar-refractivity contribution in [1.82, 2.24) is 0 Å². The number of rotatable bonds is 3. The predicted octanol–water partition coefficient (Wildman–Crippen LogP) is 3.95. The second-order valence-electron chi connectivity index (χ2n) is 9.11. The molecule has 0 N–H and O–H groups in total. The number of allylic oxidation sites excluding steroid dienone is 2. The van der Waals surface area contributed by atoms with Gasteiger partial charge in [-0.3, -0.25) is 4.79 Å². The molecule has 29 heavy (non-hydrogen) atoms. The Balaban J connectivity index is 1.33. The molecule has 0 spiro atoms. The molecule has 0 radical (unpaired) electrons. The Kier molecular flexibility index (Phi) is 4.19. The maximum absolute atomic E-state index is 14.8. The highest BCUT2D eigenvalue weighted by atomic mass is 19.4. The van der Waals surface area contributed by atoms with Crippen molar-refractivity contribution in [1.29, 1.82) is 0 Å². The fourth-order valence-electron chi connectivity index (χ4n) is 7.03. The Morgan fingerprint density at radius 2 is 1.79 bits per heavy atom. The molecule has 5 aliphatic rings. The zero-order valence-corrected chi connectivity index (χ0v) is 15.8. The van der Waals surface area contributed by atoms with Gasteiger partial charge in [-0.1, -0.05) is 12.2 Å². The van der Waals surface area contributed by atoms with Crippen LogP contribution in [0.25, 0.3) is 0 Å². The molecule has 0 aromatic heterocycles. The number of methoxy groups -OCH3 is 1. The molecule has 0 amide bonds. The van der Waals surface area contributed by atoms with Crippen LogP contribution in [-0.4, -0.2) is 43.7 Å². The maximum Gasteiger partial charge on any atom is 0.450 e. The van der Waals surface area contributed by atoms with Crippen molar-refractivity contribution in [2.45, 2.75) is 49.7 Å². The molecule has 4 bridgehead atoms. The van der Waals surface area contributed by atoms with Crippen molar-refractivity contribution in [3.8, 4) is 0 Å². The summed E-state index contributed by atoms with van der Waals surface area (Å²) >= 11 is 0. The van der Waals surface area contributed by atoms with Gasteiger partial charge in [0.25, 0.3) is 0 Å². The lowest BCUT2D eigenvalue weighted by Crippen LogP contribution is -2.69. The van der Waals surface area contributed by atoms with Crippen LogP contribution in [0.2, 0.25) is 0 Å². The van der Waals surface area contributed by atoms with Crippen LogP contribution < -0.4 is 0 Å². The normalized spacial score (nSPS) is 49.4.